The molecule has 2 rings (SSSR count). The number of rotatable bonds is 11. The van der Waals surface area contributed by atoms with Gasteiger partial charge in [-0.3, -0.25) is 9.59 Å². The number of nitrogens with zero attached hydrogens (tertiary/aromatic N) is 1. The van der Waals surface area contributed by atoms with Gasteiger partial charge in [0.2, 0.25) is 11.8 Å². The fourth-order valence-electron chi connectivity index (χ4n) is 3.30. The topological polar surface area (TPSA) is 58.6 Å². The number of hydrogen-bond acceptors (Lipinski definition) is 3. The minimum atomic E-state index is -0.616. The van der Waals surface area contributed by atoms with Gasteiger partial charge in [0.05, 0.1) is 13.5 Å². The summed E-state index contributed by atoms with van der Waals surface area (Å²) in [5.74, 6) is 0.387. The van der Waals surface area contributed by atoms with Crippen LogP contribution in [0.4, 0.5) is 0 Å². The van der Waals surface area contributed by atoms with Crippen LogP contribution in [0, 0.1) is 0 Å². The predicted octanol–water partition coefficient (Wildman–Crippen LogP) is 5.27. The largest absolute Gasteiger partial charge is 0.497 e. The van der Waals surface area contributed by atoms with Crippen LogP contribution in [-0.4, -0.2) is 36.4 Å². The van der Waals surface area contributed by atoms with Crippen LogP contribution in [0.15, 0.2) is 42.5 Å². The maximum Gasteiger partial charge on any atom is 0.242 e. The Morgan fingerprint density at radius 1 is 1.06 bits per heavy atom. The second-order valence-corrected chi connectivity index (χ2v) is 8.13. The van der Waals surface area contributed by atoms with Gasteiger partial charge in [0.1, 0.15) is 11.8 Å². The number of unbranched alkanes of at least 4 members (excludes halogenated alkanes) is 1. The number of benzene rings is 2. The molecule has 31 heavy (non-hydrogen) atoms. The minimum absolute atomic E-state index is 0.158. The highest BCUT2D eigenvalue weighted by Crippen LogP contribution is 2.27. The van der Waals surface area contributed by atoms with E-state index in [4.69, 9.17) is 27.9 Å². The van der Waals surface area contributed by atoms with Crippen LogP contribution in [0.2, 0.25) is 10.0 Å². The van der Waals surface area contributed by atoms with Crippen LogP contribution >= 0.6 is 23.2 Å². The van der Waals surface area contributed by atoms with E-state index in [9.17, 15) is 9.59 Å². The molecule has 0 spiro atoms. The summed E-state index contributed by atoms with van der Waals surface area (Å²) in [5, 5.41) is 3.89. The quantitative estimate of drug-likeness (QED) is 0.460. The number of carbonyl (C=O) groups is 2. The summed E-state index contributed by atoms with van der Waals surface area (Å²) in [4.78, 5) is 27.8. The first-order valence-corrected chi connectivity index (χ1v) is 11.3. The van der Waals surface area contributed by atoms with Crippen molar-refractivity contribution in [3.05, 3.63) is 63.6 Å². The first-order valence-electron chi connectivity index (χ1n) is 10.5. The van der Waals surface area contributed by atoms with Crippen molar-refractivity contribution in [2.75, 3.05) is 13.7 Å². The number of halogens is 2. The normalized spacial score (nSPS) is 11.6. The van der Waals surface area contributed by atoms with Crippen LogP contribution < -0.4 is 10.1 Å². The highest BCUT2D eigenvalue weighted by molar-refractivity contribution is 6.36. The van der Waals surface area contributed by atoms with Crippen molar-refractivity contribution in [2.24, 2.45) is 0 Å². The van der Waals surface area contributed by atoms with Crippen molar-refractivity contribution in [1.29, 1.82) is 0 Å². The van der Waals surface area contributed by atoms with Gasteiger partial charge < -0.3 is 15.0 Å². The van der Waals surface area contributed by atoms with E-state index in [2.05, 4.69) is 12.2 Å². The Kier molecular flexibility index (Phi) is 10.2. The SMILES string of the molecule is CCCCNC(=O)[C@@H](CC)N(Cc1c(Cl)cccc1Cl)C(=O)Cc1ccc(OC)cc1. The van der Waals surface area contributed by atoms with E-state index in [0.29, 0.717) is 28.6 Å². The Balaban J connectivity index is 2.30. The molecular weight excluding hydrogens is 435 g/mol. The van der Waals surface area contributed by atoms with Gasteiger partial charge in [0.15, 0.2) is 0 Å². The van der Waals surface area contributed by atoms with Crippen LogP contribution in [0.25, 0.3) is 0 Å². The highest BCUT2D eigenvalue weighted by atomic mass is 35.5. The lowest BCUT2D eigenvalue weighted by Crippen LogP contribution is -2.49. The number of ether oxygens (including phenoxy) is 1. The summed E-state index contributed by atoms with van der Waals surface area (Å²) < 4.78 is 5.18. The first-order chi connectivity index (χ1) is 14.9. The summed E-state index contributed by atoms with van der Waals surface area (Å²) in [7, 11) is 1.60. The molecule has 0 aliphatic heterocycles. The molecule has 2 aromatic carbocycles. The number of nitrogens with one attached hydrogen (secondary N) is 1. The van der Waals surface area contributed by atoms with Crippen LogP contribution in [0.5, 0.6) is 5.75 Å². The molecule has 0 aliphatic carbocycles. The molecular formula is C24H30Cl2N2O3. The summed E-state index contributed by atoms with van der Waals surface area (Å²) in [6.45, 7) is 4.70. The highest BCUT2D eigenvalue weighted by Gasteiger charge is 2.29. The van der Waals surface area contributed by atoms with E-state index in [1.165, 1.54) is 0 Å². The van der Waals surface area contributed by atoms with Gasteiger partial charge in [-0.25, -0.2) is 0 Å². The molecule has 0 aromatic heterocycles. The summed E-state index contributed by atoms with van der Waals surface area (Å²) in [6, 6.07) is 11.9. The second kappa shape index (κ2) is 12.6. The maximum atomic E-state index is 13.4. The summed E-state index contributed by atoms with van der Waals surface area (Å²) in [6.07, 6.45) is 2.50. The Morgan fingerprint density at radius 3 is 2.26 bits per heavy atom. The van der Waals surface area contributed by atoms with Crippen LogP contribution in [0.1, 0.15) is 44.2 Å². The summed E-state index contributed by atoms with van der Waals surface area (Å²) in [5.41, 5.74) is 1.47. The van der Waals surface area contributed by atoms with Crippen molar-refractivity contribution in [3.63, 3.8) is 0 Å². The molecule has 7 heteroatoms. The van der Waals surface area contributed by atoms with Crippen molar-refractivity contribution < 1.29 is 14.3 Å². The zero-order chi connectivity index (χ0) is 22.8. The molecule has 2 aromatic rings. The van der Waals surface area contributed by atoms with Gasteiger partial charge in [-0.05, 0) is 42.7 Å². The molecule has 0 heterocycles. The monoisotopic (exact) mass is 464 g/mol. The summed E-state index contributed by atoms with van der Waals surface area (Å²) >= 11 is 12.7. The Bertz CT molecular complexity index is 851. The third kappa shape index (κ3) is 7.15. The smallest absolute Gasteiger partial charge is 0.242 e. The molecule has 0 radical (unpaired) electrons. The predicted molar refractivity (Wildman–Crippen MR) is 126 cm³/mol. The standard InChI is InChI=1S/C24H30Cl2N2O3/c1-4-6-14-27-24(30)22(5-2)28(16-19-20(25)8-7-9-21(19)26)23(29)15-17-10-12-18(31-3)13-11-17/h7-13,22H,4-6,14-16H2,1-3H3,(H,27,30)/t22-/m1/s1. The molecule has 2 amide bonds. The zero-order valence-electron chi connectivity index (χ0n) is 18.3. The lowest BCUT2D eigenvalue weighted by molar-refractivity contribution is -0.140. The van der Waals surface area contributed by atoms with Crippen molar-refractivity contribution >= 4 is 35.0 Å². The Labute approximate surface area is 194 Å². The van der Waals surface area contributed by atoms with Crippen molar-refractivity contribution in [2.45, 2.75) is 52.1 Å². The van der Waals surface area contributed by atoms with Crippen molar-refractivity contribution in [3.8, 4) is 5.75 Å². The first kappa shape index (κ1) is 25.0. The molecule has 5 nitrogen and oxygen atoms in total. The number of hydrogen-bond donors (Lipinski definition) is 1. The van der Waals surface area contributed by atoms with E-state index < -0.39 is 6.04 Å². The maximum absolute atomic E-state index is 13.4. The molecule has 0 saturated heterocycles. The molecule has 0 unspecified atom stereocenters. The molecule has 1 N–H and O–H groups in total. The molecule has 1 atom stereocenters. The average Bonchev–Trinajstić information content (AvgIpc) is 2.76. The van der Waals surface area contributed by atoms with Gasteiger partial charge >= 0.3 is 0 Å². The fourth-order valence-corrected chi connectivity index (χ4v) is 3.82. The second-order valence-electron chi connectivity index (χ2n) is 7.32. The molecule has 0 saturated carbocycles. The third-order valence-corrected chi connectivity index (χ3v) is 5.83. The zero-order valence-corrected chi connectivity index (χ0v) is 19.8. The number of carbonyl (C=O) groups excluding carboxylic acids is 2. The van der Waals surface area contributed by atoms with E-state index >= 15 is 0 Å². The van der Waals surface area contributed by atoms with Crippen LogP contribution in [0.3, 0.4) is 0 Å². The molecule has 0 fully saturated rings. The van der Waals surface area contributed by atoms with Gasteiger partial charge in [0.25, 0.3) is 0 Å². The van der Waals surface area contributed by atoms with Gasteiger partial charge in [-0.2, -0.15) is 0 Å². The van der Waals surface area contributed by atoms with Crippen molar-refractivity contribution in [1.82, 2.24) is 10.2 Å². The Morgan fingerprint density at radius 2 is 1.71 bits per heavy atom. The molecule has 0 aliphatic rings. The van der Waals surface area contributed by atoms with E-state index in [-0.39, 0.29) is 24.8 Å². The average molecular weight is 465 g/mol. The lowest BCUT2D eigenvalue weighted by atomic mass is 10.1. The molecule has 0 bridgehead atoms. The van der Waals surface area contributed by atoms with Gasteiger partial charge in [-0.15, -0.1) is 0 Å². The molecule has 168 valence electrons. The number of amides is 2. The Hall–Kier alpha value is -2.24. The number of methoxy groups -OCH3 is 1. The third-order valence-electron chi connectivity index (χ3n) is 5.12. The van der Waals surface area contributed by atoms with E-state index in [1.54, 1.807) is 30.2 Å². The fraction of sp³-hybridized carbons (Fsp3) is 0.417. The van der Waals surface area contributed by atoms with E-state index in [0.717, 1.165) is 24.2 Å². The minimum Gasteiger partial charge on any atom is -0.497 e. The van der Waals surface area contributed by atoms with Crippen LogP contribution in [-0.2, 0) is 22.6 Å². The van der Waals surface area contributed by atoms with E-state index in [1.807, 2.05) is 31.2 Å². The van der Waals surface area contributed by atoms with Gasteiger partial charge in [0, 0.05) is 28.7 Å². The lowest BCUT2D eigenvalue weighted by Gasteiger charge is -2.31. The van der Waals surface area contributed by atoms with Gasteiger partial charge in [-0.1, -0.05) is 61.7 Å².